The Kier molecular flexibility index (Phi) is 6.17. The van der Waals surface area contributed by atoms with E-state index in [-0.39, 0.29) is 5.75 Å². The molecule has 4 aromatic rings. The highest BCUT2D eigenvalue weighted by molar-refractivity contribution is 5.88. The number of ether oxygens (including phenoxy) is 3. The first-order chi connectivity index (χ1) is 15.2. The topological polar surface area (TPSA) is 52.6 Å². The number of aromatic nitrogens is 1. The number of rotatable bonds is 8. The number of hydrogen-bond donors (Lipinski definition) is 1. The molecule has 0 aliphatic carbocycles. The Morgan fingerprint density at radius 2 is 1.61 bits per heavy atom. The first-order valence-corrected chi connectivity index (χ1v) is 9.94. The third-order valence-corrected chi connectivity index (χ3v) is 4.94. The van der Waals surface area contributed by atoms with E-state index in [1.807, 2.05) is 18.2 Å². The first kappa shape index (κ1) is 20.5. The van der Waals surface area contributed by atoms with Crippen LogP contribution in [-0.4, -0.2) is 25.7 Å². The van der Waals surface area contributed by atoms with Gasteiger partial charge >= 0.3 is 0 Å². The van der Waals surface area contributed by atoms with Crippen LogP contribution in [-0.2, 0) is 6.42 Å². The van der Waals surface area contributed by atoms with Crippen LogP contribution in [0.5, 0.6) is 23.0 Å². The summed E-state index contributed by atoms with van der Waals surface area (Å²) in [7, 11) is 3.12. The third kappa shape index (κ3) is 4.69. The van der Waals surface area contributed by atoms with Crippen molar-refractivity contribution in [2.24, 2.45) is 0 Å². The normalized spacial score (nSPS) is 10.7. The van der Waals surface area contributed by atoms with Crippen molar-refractivity contribution in [2.75, 3.05) is 26.1 Å². The van der Waals surface area contributed by atoms with Gasteiger partial charge in [-0.3, -0.25) is 4.98 Å². The predicted octanol–water partition coefficient (Wildman–Crippen LogP) is 5.84. The Morgan fingerprint density at radius 1 is 0.839 bits per heavy atom. The number of nitrogens with one attached hydrogen (secondary N) is 1. The van der Waals surface area contributed by atoms with Gasteiger partial charge in [0.1, 0.15) is 5.75 Å². The molecule has 0 amide bonds. The molecule has 0 saturated carbocycles. The van der Waals surface area contributed by atoms with Gasteiger partial charge in [0, 0.05) is 35.9 Å². The van der Waals surface area contributed by atoms with Crippen LogP contribution >= 0.6 is 0 Å². The Morgan fingerprint density at radius 3 is 2.35 bits per heavy atom. The summed E-state index contributed by atoms with van der Waals surface area (Å²) in [6, 6.07) is 20.2. The summed E-state index contributed by atoms with van der Waals surface area (Å²) in [6.45, 7) is 0.709. The quantitative estimate of drug-likeness (QED) is 0.390. The minimum Gasteiger partial charge on any atom is -0.493 e. The van der Waals surface area contributed by atoms with Gasteiger partial charge < -0.3 is 19.5 Å². The fourth-order valence-corrected chi connectivity index (χ4v) is 3.34. The molecule has 0 atom stereocenters. The SMILES string of the molecule is COc1cc2nccc(Oc3ccc(NCCc4ccccc4)cc3F)c2cc1OC. The molecule has 1 N–H and O–H groups in total. The second-order valence-electron chi connectivity index (χ2n) is 6.94. The number of methoxy groups -OCH3 is 2. The third-order valence-electron chi connectivity index (χ3n) is 4.94. The van der Waals surface area contributed by atoms with Crippen LogP contribution in [0.4, 0.5) is 10.1 Å². The van der Waals surface area contributed by atoms with Crippen LogP contribution in [0.25, 0.3) is 10.9 Å². The van der Waals surface area contributed by atoms with E-state index in [2.05, 4.69) is 22.4 Å². The molecular weight excluding hydrogens is 395 g/mol. The van der Waals surface area contributed by atoms with Crippen LogP contribution in [0.3, 0.4) is 0 Å². The molecule has 0 aliphatic rings. The molecule has 0 unspecified atom stereocenters. The maximum absolute atomic E-state index is 14.7. The van der Waals surface area contributed by atoms with Gasteiger partial charge in [0.05, 0.1) is 19.7 Å². The van der Waals surface area contributed by atoms with Crippen LogP contribution in [0, 0.1) is 5.82 Å². The molecule has 5 nitrogen and oxygen atoms in total. The Bertz CT molecular complexity index is 1180. The number of fused-ring (bicyclic) bond motifs is 1. The number of halogens is 1. The standard InChI is InChI=1S/C25H23FN2O3/c1-29-24-15-19-21(16-25(24)30-2)28-13-11-22(19)31-23-9-8-18(14-20(23)26)27-12-10-17-6-4-3-5-7-17/h3-9,11,13-16,27H,10,12H2,1-2H3. The van der Waals surface area contributed by atoms with Gasteiger partial charge in [0.25, 0.3) is 0 Å². The molecule has 1 aromatic heterocycles. The van der Waals surface area contributed by atoms with Gasteiger partial charge in [-0.25, -0.2) is 4.39 Å². The zero-order chi connectivity index (χ0) is 21.6. The molecule has 0 aliphatic heterocycles. The minimum absolute atomic E-state index is 0.135. The van der Waals surface area contributed by atoms with E-state index in [0.717, 1.165) is 6.42 Å². The van der Waals surface area contributed by atoms with E-state index in [4.69, 9.17) is 14.2 Å². The lowest BCUT2D eigenvalue weighted by molar-refractivity contribution is 0.355. The van der Waals surface area contributed by atoms with Crippen LogP contribution < -0.4 is 19.5 Å². The number of pyridine rings is 1. The van der Waals surface area contributed by atoms with Gasteiger partial charge in [-0.2, -0.15) is 0 Å². The van der Waals surface area contributed by atoms with Crippen molar-refractivity contribution in [1.29, 1.82) is 0 Å². The molecule has 0 radical (unpaired) electrons. The van der Waals surface area contributed by atoms with Crippen LogP contribution in [0.2, 0.25) is 0 Å². The summed E-state index contributed by atoms with van der Waals surface area (Å²) in [5.74, 6) is 1.28. The monoisotopic (exact) mass is 418 g/mol. The van der Waals surface area contributed by atoms with E-state index < -0.39 is 5.82 Å². The van der Waals surface area contributed by atoms with Crippen molar-refractivity contribution in [3.8, 4) is 23.0 Å². The molecule has 3 aromatic carbocycles. The lowest BCUT2D eigenvalue weighted by Gasteiger charge is -2.13. The summed E-state index contributed by atoms with van der Waals surface area (Å²) in [5.41, 5.74) is 2.59. The predicted molar refractivity (Wildman–Crippen MR) is 120 cm³/mol. The van der Waals surface area contributed by atoms with E-state index in [1.54, 1.807) is 50.7 Å². The van der Waals surface area contributed by atoms with E-state index in [0.29, 0.717) is 40.4 Å². The second kappa shape index (κ2) is 9.34. The van der Waals surface area contributed by atoms with Crippen LogP contribution in [0.15, 0.2) is 72.9 Å². The molecule has 31 heavy (non-hydrogen) atoms. The average molecular weight is 418 g/mol. The Labute approximate surface area is 180 Å². The van der Waals surface area contributed by atoms with Crippen molar-refractivity contribution >= 4 is 16.6 Å². The zero-order valence-electron chi connectivity index (χ0n) is 17.4. The number of nitrogens with zero attached hydrogens (tertiary/aromatic N) is 1. The summed E-state index contributed by atoms with van der Waals surface area (Å²) < 4.78 is 31.3. The van der Waals surface area contributed by atoms with Gasteiger partial charge in [-0.15, -0.1) is 0 Å². The molecule has 4 rings (SSSR count). The summed E-state index contributed by atoms with van der Waals surface area (Å²) in [5, 5.41) is 3.95. The minimum atomic E-state index is -0.449. The summed E-state index contributed by atoms with van der Waals surface area (Å²) in [6.07, 6.45) is 2.47. The molecule has 6 heteroatoms. The zero-order valence-corrected chi connectivity index (χ0v) is 17.4. The van der Waals surface area contributed by atoms with Gasteiger partial charge in [0.2, 0.25) is 0 Å². The molecule has 158 valence electrons. The van der Waals surface area contributed by atoms with Crippen LogP contribution in [0.1, 0.15) is 5.56 Å². The number of benzene rings is 3. The Hall–Kier alpha value is -3.80. The van der Waals surface area contributed by atoms with E-state index in [9.17, 15) is 4.39 Å². The van der Waals surface area contributed by atoms with Crippen molar-refractivity contribution < 1.29 is 18.6 Å². The smallest absolute Gasteiger partial charge is 0.167 e. The lowest BCUT2D eigenvalue weighted by atomic mass is 10.1. The highest BCUT2D eigenvalue weighted by atomic mass is 19.1. The van der Waals surface area contributed by atoms with Gasteiger partial charge in [-0.05, 0) is 36.2 Å². The van der Waals surface area contributed by atoms with Gasteiger partial charge in [-0.1, -0.05) is 30.3 Å². The van der Waals surface area contributed by atoms with Crippen molar-refractivity contribution in [1.82, 2.24) is 4.98 Å². The Balaban J connectivity index is 1.51. The highest BCUT2D eigenvalue weighted by Gasteiger charge is 2.13. The second-order valence-corrected chi connectivity index (χ2v) is 6.94. The molecule has 0 spiro atoms. The molecule has 1 heterocycles. The molecule has 0 saturated heterocycles. The first-order valence-electron chi connectivity index (χ1n) is 9.94. The average Bonchev–Trinajstić information content (AvgIpc) is 2.80. The largest absolute Gasteiger partial charge is 0.493 e. The maximum atomic E-state index is 14.7. The van der Waals surface area contributed by atoms with E-state index in [1.165, 1.54) is 11.6 Å². The fourth-order valence-electron chi connectivity index (χ4n) is 3.34. The number of anilines is 1. The van der Waals surface area contributed by atoms with E-state index >= 15 is 0 Å². The maximum Gasteiger partial charge on any atom is 0.167 e. The molecule has 0 fully saturated rings. The lowest BCUT2D eigenvalue weighted by Crippen LogP contribution is -2.05. The van der Waals surface area contributed by atoms with Crippen molar-refractivity contribution in [3.05, 3.63) is 84.3 Å². The molecular formula is C25H23FN2O3. The number of hydrogen-bond acceptors (Lipinski definition) is 5. The van der Waals surface area contributed by atoms with Crippen molar-refractivity contribution in [3.63, 3.8) is 0 Å². The van der Waals surface area contributed by atoms with Gasteiger partial charge in [0.15, 0.2) is 23.1 Å². The summed E-state index contributed by atoms with van der Waals surface area (Å²) in [4.78, 5) is 4.34. The highest BCUT2D eigenvalue weighted by Crippen LogP contribution is 2.37. The van der Waals surface area contributed by atoms with Crippen molar-refractivity contribution in [2.45, 2.75) is 6.42 Å². The summed E-state index contributed by atoms with van der Waals surface area (Å²) >= 11 is 0. The fraction of sp³-hybridized carbons (Fsp3) is 0.160. The molecule has 0 bridgehead atoms.